The maximum absolute atomic E-state index is 12.2. The Hall–Kier alpha value is -2.34. The number of aryl methyl sites for hydroxylation is 1. The van der Waals surface area contributed by atoms with Gasteiger partial charge in [-0.2, -0.15) is 0 Å². The largest absolute Gasteiger partial charge is 0.483 e. The maximum Gasteiger partial charge on any atom is 0.257 e. The van der Waals surface area contributed by atoms with Crippen molar-refractivity contribution in [2.24, 2.45) is 0 Å². The minimum absolute atomic E-state index is 0.120. The molecule has 136 valence electrons. The van der Waals surface area contributed by atoms with E-state index >= 15 is 0 Å². The molecule has 2 aromatic rings. The molecule has 0 fully saturated rings. The van der Waals surface area contributed by atoms with Gasteiger partial charge in [0.25, 0.3) is 11.5 Å². The van der Waals surface area contributed by atoms with Crippen LogP contribution in [0.5, 0.6) is 5.75 Å². The molecule has 1 aromatic heterocycles. The minimum atomic E-state index is -0.215. The first-order valence-electron chi connectivity index (χ1n) is 8.66. The Morgan fingerprint density at radius 1 is 1.28 bits per heavy atom. The van der Waals surface area contributed by atoms with E-state index in [1.165, 1.54) is 6.07 Å². The van der Waals surface area contributed by atoms with E-state index in [4.69, 9.17) is 9.47 Å². The Bertz CT molecular complexity index is 768. The summed E-state index contributed by atoms with van der Waals surface area (Å²) in [5.41, 5.74) is 0.668. The first-order valence-corrected chi connectivity index (χ1v) is 8.66. The third kappa shape index (κ3) is 5.32. The monoisotopic (exact) mass is 346 g/mol. The van der Waals surface area contributed by atoms with Gasteiger partial charge in [0.1, 0.15) is 5.75 Å². The molecule has 0 saturated heterocycles. The average Bonchev–Trinajstić information content (AvgIpc) is 2.59. The highest BCUT2D eigenvalue weighted by molar-refractivity contribution is 5.86. The number of benzene rings is 1. The molecule has 1 aromatic carbocycles. The van der Waals surface area contributed by atoms with Gasteiger partial charge in [-0.15, -0.1) is 0 Å². The molecule has 2 rings (SSSR count). The van der Waals surface area contributed by atoms with E-state index < -0.39 is 0 Å². The number of hydrogen-bond donors (Lipinski definition) is 1. The minimum Gasteiger partial charge on any atom is -0.483 e. The highest BCUT2D eigenvalue weighted by Gasteiger charge is 2.10. The summed E-state index contributed by atoms with van der Waals surface area (Å²) in [6.07, 6.45) is 0.942. The lowest BCUT2D eigenvalue weighted by Crippen LogP contribution is -2.30. The predicted molar refractivity (Wildman–Crippen MR) is 98.1 cm³/mol. The molecule has 0 spiro atoms. The number of pyridine rings is 1. The molecule has 0 aliphatic carbocycles. The van der Waals surface area contributed by atoms with Crippen molar-refractivity contribution in [1.82, 2.24) is 9.88 Å². The Labute approximate surface area is 147 Å². The molecule has 1 N–H and O–H groups in total. The Kier molecular flexibility index (Phi) is 7.01. The van der Waals surface area contributed by atoms with Crippen molar-refractivity contribution in [1.29, 1.82) is 0 Å². The lowest BCUT2D eigenvalue weighted by atomic mass is 10.2. The SMILES string of the molecule is CCn1c(=O)cc(OCC(=O)NCCCOC(C)C)c2ccccc21. The highest BCUT2D eigenvalue weighted by atomic mass is 16.5. The van der Waals surface area contributed by atoms with Crippen LogP contribution in [0.15, 0.2) is 35.1 Å². The normalized spacial score (nSPS) is 11.0. The van der Waals surface area contributed by atoms with Crippen LogP contribution in [0.1, 0.15) is 27.2 Å². The molecule has 0 aliphatic heterocycles. The van der Waals surface area contributed by atoms with Crippen molar-refractivity contribution in [3.63, 3.8) is 0 Å². The van der Waals surface area contributed by atoms with Crippen LogP contribution in [-0.2, 0) is 16.1 Å². The van der Waals surface area contributed by atoms with Crippen LogP contribution >= 0.6 is 0 Å². The number of hydrogen-bond acceptors (Lipinski definition) is 4. The number of rotatable bonds is 9. The van der Waals surface area contributed by atoms with Crippen LogP contribution in [0, 0.1) is 0 Å². The molecular weight excluding hydrogens is 320 g/mol. The summed E-state index contributed by atoms with van der Waals surface area (Å²) in [6, 6.07) is 8.97. The van der Waals surface area contributed by atoms with Gasteiger partial charge in [0.2, 0.25) is 0 Å². The summed E-state index contributed by atoms with van der Waals surface area (Å²) in [5, 5.41) is 3.61. The maximum atomic E-state index is 12.2. The van der Waals surface area contributed by atoms with Gasteiger partial charge in [0, 0.05) is 31.1 Å². The molecular formula is C19H26N2O4. The summed E-state index contributed by atoms with van der Waals surface area (Å²) in [6.45, 7) is 7.48. The predicted octanol–water partition coefficient (Wildman–Crippen LogP) is 2.33. The van der Waals surface area contributed by atoms with Crippen LogP contribution in [0.3, 0.4) is 0 Å². The first kappa shape index (κ1) is 19.0. The lowest BCUT2D eigenvalue weighted by molar-refractivity contribution is -0.123. The van der Waals surface area contributed by atoms with E-state index in [2.05, 4.69) is 5.32 Å². The van der Waals surface area contributed by atoms with Gasteiger partial charge in [0.15, 0.2) is 6.61 Å². The van der Waals surface area contributed by atoms with E-state index in [9.17, 15) is 9.59 Å². The third-order valence-corrected chi connectivity index (χ3v) is 3.75. The molecule has 25 heavy (non-hydrogen) atoms. The van der Waals surface area contributed by atoms with Gasteiger partial charge in [-0.1, -0.05) is 12.1 Å². The van der Waals surface area contributed by atoms with Gasteiger partial charge < -0.3 is 19.4 Å². The number of fused-ring (bicyclic) bond motifs is 1. The molecule has 6 heteroatoms. The third-order valence-electron chi connectivity index (χ3n) is 3.75. The van der Waals surface area contributed by atoms with Crippen molar-refractivity contribution >= 4 is 16.8 Å². The van der Waals surface area contributed by atoms with E-state index in [0.29, 0.717) is 25.4 Å². The van der Waals surface area contributed by atoms with Crippen molar-refractivity contribution in [3.05, 3.63) is 40.7 Å². The summed E-state index contributed by atoms with van der Waals surface area (Å²) >= 11 is 0. The molecule has 0 bridgehead atoms. The number of amides is 1. The van der Waals surface area contributed by atoms with Crippen molar-refractivity contribution < 1.29 is 14.3 Å². The van der Waals surface area contributed by atoms with E-state index in [0.717, 1.165) is 17.3 Å². The molecule has 0 unspecified atom stereocenters. The summed E-state index contributed by atoms with van der Waals surface area (Å²) in [7, 11) is 0. The number of nitrogens with one attached hydrogen (secondary N) is 1. The number of carbonyl (C=O) groups is 1. The highest BCUT2D eigenvalue weighted by Crippen LogP contribution is 2.23. The standard InChI is InChI=1S/C19H26N2O4/c1-4-21-16-9-6-5-8-15(16)17(12-19(21)23)25-13-18(22)20-10-7-11-24-14(2)3/h5-6,8-9,12,14H,4,7,10-11,13H2,1-3H3,(H,20,22). The Balaban J connectivity index is 1.95. The summed E-state index contributed by atoms with van der Waals surface area (Å²) in [4.78, 5) is 24.1. The zero-order chi connectivity index (χ0) is 18.2. The molecule has 0 aliphatic rings. The quantitative estimate of drug-likeness (QED) is 0.708. The van der Waals surface area contributed by atoms with Gasteiger partial charge >= 0.3 is 0 Å². The smallest absolute Gasteiger partial charge is 0.257 e. The second kappa shape index (κ2) is 9.22. The summed E-state index contributed by atoms with van der Waals surface area (Å²) in [5.74, 6) is 0.219. The van der Waals surface area contributed by atoms with Crippen LogP contribution in [-0.4, -0.2) is 36.3 Å². The Morgan fingerprint density at radius 3 is 2.76 bits per heavy atom. The topological polar surface area (TPSA) is 69.6 Å². The van der Waals surface area contributed by atoms with Crippen LogP contribution < -0.4 is 15.6 Å². The molecule has 0 radical (unpaired) electrons. The zero-order valence-corrected chi connectivity index (χ0v) is 15.1. The Morgan fingerprint density at radius 2 is 2.04 bits per heavy atom. The van der Waals surface area contributed by atoms with Crippen molar-refractivity contribution in [2.75, 3.05) is 19.8 Å². The van der Waals surface area contributed by atoms with Crippen LogP contribution in [0.4, 0.5) is 0 Å². The number of aromatic nitrogens is 1. The molecule has 0 saturated carbocycles. The van der Waals surface area contributed by atoms with Crippen LogP contribution in [0.25, 0.3) is 10.9 Å². The fourth-order valence-electron chi connectivity index (χ4n) is 2.56. The van der Waals surface area contributed by atoms with Crippen LogP contribution in [0.2, 0.25) is 0 Å². The van der Waals surface area contributed by atoms with Gasteiger partial charge in [-0.25, -0.2) is 0 Å². The van der Waals surface area contributed by atoms with E-state index in [1.807, 2.05) is 45.0 Å². The average molecular weight is 346 g/mol. The molecule has 0 atom stereocenters. The second-order valence-corrected chi connectivity index (χ2v) is 6.02. The number of nitrogens with zero attached hydrogens (tertiary/aromatic N) is 1. The molecule has 6 nitrogen and oxygen atoms in total. The molecule has 1 heterocycles. The van der Waals surface area contributed by atoms with Crippen molar-refractivity contribution in [2.45, 2.75) is 39.8 Å². The summed E-state index contributed by atoms with van der Waals surface area (Å²) < 4.78 is 12.7. The number of carbonyl (C=O) groups excluding carboxylic acids is 1. The number of ether oxygens (including phenoxy) is 2. The second-order valence-electron chi connectivity index (χ2n) is 6.02. The zero-order valence-electron chi connectivity index (χ0n) is 15.1. The first-order chi connectivity index (χ1) is 12.0. The van der Waals surface area contributed by atoms with Crippen molar-refractivity contribution in [3.8, 4) is 5.75 Å². The number of para-hydroxylation sites is 1. The van der Waals surface area contributed by atoms with E-state index in [1.54, 1.807) is 4.57 Å². The lowest BCUT2D eigenvalue weighted by Gasteiger charge is -2.13. The fourth-order valence-corrected chi connectivity index (χ4v) is 2.56. The van der Waals surface area contributed by atoms with Gasteiger partial charge in [-0.05, 0) is 39.3 Å². The van der Waals surface area contributed by atoms with Gasteiger partial charge in [-0.3, -0.25) is 9.59 Å². The fraction of sp³-hybridized carbons (Fsp3) is 0.474. The molecule has 1 amide bonds. The van der Waals surface area contributed by atoms with Gasteiger partial charge in [0.05, 0.1) is 11.6 Å². The van der Waals surface area contributed by atoms with E-state index in [-0.39, 0.29) is 24.2 Å².